The van der Waals surface area contributed by atoms with Crippen LogP contribution in [-0.4, -0.2) is 49.4 Å². The lowest BCUT2D eigenvalue weighted by Crippen LogP contribution is -2.42. The van der Waals surface area contributed by atoms with E-state index in [2.05, 4.69) is 26.6 Å². The van der Waals surface area contributed by atoms with E-state index in [0.29, 0.717) is 17.3 Å². The topological polar surface area (TPSA) is 74.6 Å². The Morgan fingerprint density at radius 1 is 1.52 bits per heavy atom. The van der Waals surface area contributed by atoms with Crippen molar-refractivity contribution in [2.24, 2.45) is 0 Å². The summed E-state index contributed by atoms with van der Waals surface area (Å²) in [6, 6.07) is 3.57. The van der Waals surface area contributed by atoms with Crippen LogP contribution >= 0.6 is 28.3 Å². The van der Waals surface area contributed by atoms with Gasteiger partial charge in [0.25, 0.3) is 5.91 Å². The summed E-state index contributed by atoms with van der Waals surface area (Å²) < 4.78 is 5.66. The Kier molecular flexibility index (Phi) is 7.21. The summed E-state index contributed by atoms with van der Waals surface area (Å²) >= 11 is 3.14. The maximum Gasteiger partial charge on any atom is 0.289 e. The molecule has 2 N–H and O–H groups in total. The van der Waals surface area contributed by atoms with E-state index in [4.69, 9.17) is 4.42 Å². The molecular weight excluding hydrogens is 362 g/mol. The van der Waals surface area contributed by atoms with Crippen LogP contribution < -0.4 is 10.6 Å². The zero-order chi connectivity index (χ0) is 14.5. The van der Waals surface area contributed by atoms with Crippen LogP contribution in [0.15, 0.2) is 21.2 Å². The van der Waals surface area contributed by atoms with Crippen molar-refractivity contribution in [3.63, 3.8) is 0 Å². The van der Waals surface area contributed by atoms with Gasteiger partial charge < -0.3 is 20.0 Å². The normalized spacial score (nSPS) is 17.1. The van der Waals surface area contributed by atoms with Gasteiger partial charge in [-0.15, -0.1) is 12.4 Å². The molecule has 2 amide bonds. The molecule has 1 aromatic heterocycles. The molecule has 2 rings (SSSR count). The molecule has 1 atom stereocenters. The number of hydrogen-bond donors (Lipinski definition) is 2. The molecule has 0 radical (unpaired) electrons. The zero-order valence-corrected chi connectivity index (χ0v) is 14.1. The third-order valence-electron chi connectivity index (χ3n) is 3.22. The molecule has 1 unspecified atom stereocenters. The highest BCUT2D eigenvalue weighted by molar-refractivity contribution is 9.10. The minimum Gasteiger partial charge on any atom is -0.444 e. The van der Waals surface area contributed by atoms with E-state index in [-0.39, 0.29) is 36.5 Å². The van der Waals surface area contributed by atoms with Gasteiger partial charge in [-0.1, -0.05) is 0 Å². The number of likely N-dealkylation sites (N-methyl/N-ethyl adjacent to an activating group) is 1. The number of amides is 2. The van der Waals surface area contributed by atoms with Crippen molar-refractivity contribution in [3.05, 3.63) is 22.6 Å². The van der Waals surface area contributed by atoms with Crippen molar-refractivity contribution in [2.75, 3.05) is 26.7 Å². The summed E-state index contributed by atoms with van der Waals surface area (Å²) in [5.41, 5.74) is 0. The highest BCUT2D eigenvalue weighted by atomic mass is 79.9. The molecule has 6 nitrogen and oxygen atoms in total. The predicted octanol–water partition coefficient (Wildman–Crippen LogP) is 1.40. The van der Waals surface area contributed by atoms with Gasteiger partial charge in [-0.25, -0.2) is 0 Å². The largest absolute Gasteiger partial charge is 0.444 e. The van der Waals surface area contributed by atoms with E-state index >= 15 is 0 Å². The first-order valence-corrected chi connectivity index (χ1v) is 7.36. The van der Waals surface area contributed by atoms with Crippen molar-refractivity contribution >= 4 is 40.2 Å². The molecule has 0 saturated carbocycles. The second-order valence-electron chi connectivity index (χ2n) is 4.86. The molecule has 21 heavy (non-hydrogen) atoms. The van der Waals surface area contributed by atoms with Gasteiger partial charge in [-0.3, -0.25) is 9.59 Å². The third-order valence-corrected chi connectivity index (χ3v) is 3.65. The monoisotopic (exact) mass is 379 g/mol. The Morgan fingerprint density at radius 3 is 2.86 bits per heavy atom. The number of rotatable bonds is 5. The van der Waals surface area contributed by atoms with Gasteiger partial charge in [0.1, 0.15) is 0 Å². The Morgan fingerprint density at radius 2 is 2.29 bits per heavy atom. The first-order chi connectivity index (χ1) is 9.56. The average Bonchev–Trinajstić information content (AvgIpc) is 3.06. The number of nitrogens with zero attached hydrogens (tertiary/aromatic N) is 1. The fraction of sp³-hybridized carbons (Fsp3) is 0.538. The van der Waals surface area contributed by atoms with E-state index in [0.717, 1.165) is 19.4 Å². The predicted molar refractivity (Wildman–Crippen MR) is 84.7 cm³/mol. The molecule has 1 aliphatic rings. The second kappa shape index (κ2) is 8.41. The molecule has 118 valence electrons. The molecule has 1 fully saturated rings. The number of halogens is 2. The van der Waals surface area contributed by atoms with Crippen molar-refractivity contribution in [3.8, 4) is 0 Å². The summed E-state index contributed by atoms with van der Waals surface area (Å²) in [5, 5.41) is 6.13. The van der Waals surface area contributed by atoms with Crippen LogP contribution in [0.1, 0.15) is 23.4 Å². The number of carbonyl (C=O) groups is 2. The summed E-state index contributed by atoms with van der Waals surface area (Å²) in [6.45, 7) is 1.63. The Bertz CT molecular complexity index is 489. The summed E-state index contributed by atoms with van der Waals surface area (Å²) in [5.74, 6) is -0.269. The maximum absolute atomic E-state index is 12.0. The molecule has 0 bridgehead atoms. The number of carbonyl (C=O) groups excluding carboxylic acids is 2. The molecule has 0 aromatic carbocycles. The van der Waals surface area contributed by atoms with Gasteiger partial charge in [0, 0.05) is 19.6 Å². The van der Waals surface area contributed by atoms with Gasteiger partial charge in [-0.2, -0.15) is 0 Å². The summed E-state index contributed by atoms with van der Waals surface area (Å²) in [7, 11) is 1.58. The third kappa shape index (κ3) is 5.33. The van der Waals surface area contributed by atoms with Gasteiger partial charge in [0.15, 0.2) is 10.4 Å². The Balaban J connectivity index is 0.00000220. The first kappa shape index (κ1) is 18.0. The molecule has 1 aromatic rings. The summed E-state index contributed by atoms with van der Waals surface area (Å²) in [6.07, 6.45) is 2.22. The quantitative estimate of drug-likeness (QED) is 0.810. The van der Waals surface area contributed by atoms with Crippen LogP contribution in [0, 0.1) is 0 Å². The van der Waals surface area contributed by atoms with Crippen LogP contribution in [0.3, 0.4) is 0 Å². The number of nitrogens with one attached hydrogen (secondary N) is 2. The van der Waals surface area contributed by atoms with Crippen molar-refractivity contribution in [2.45, 2.75) is 18.9 Å². The van der Waals surface area contributed by atoms with Gasteiger partial charge in [-0.05, 0) is 47.4 Å². The average molecular weight is 381 g/mol. The minimum absolute atomic E-state index is 0. The standard InChI is InChI=1S/C13H18BrN3O3.ClH/c1-17(13(19)10-4-5-11(14)20-10)8-12(18)16-7-9-3-2-6-15-9;/h4-5,9,15H,2-3,6-8H2,1H3,(H,16,18);1H. The fourth-order valence-corrected chi connectivity index (χ4v) is 2.43. The Hall–Kier alpha value is -1.05. The zero-order valence-electron chi connectivity index (χ0n) is 11.7. The van der Waals surface area contributed by atoms with Crippen LogP contribution in [0.2, 0.25) is 0 Å². The van der Waals surface area contributed by atoms with Crippen molar-refractivity contribution < 1.29 is 14.0 Å². The Labute approximate surface area is 138 Å². The molecule has 1 aliphatic heterocycles. The van der Waals surface area contributed by atoms with E-state index in [1.165, 1.54) is 4.90 Å². The molecule has 0 aliphatic carbocycles. The molecule has 0 spiro atoms. The van der Waals surface area contributed by atoms with Crippen LogP contribution in [0.4, 0.5) is 0 Å². The highest BCUT2D eigenvalue weighted by Gasteiger charge is 2.19. The van der Waals surface area contributed by atoms with Gasteiger partial charge >= 0.3 is 0 Å². The second-order valence-corrected chi connectivity index (χ2v) is 5.64. The van der Waals surface area contributed by atoms with E-state index in [1.807, 2.05) is 0 Å². The lowest BCUT2D eigenvalue weighted by molar-refractivity contribution is -0.121. The highest BCUT2D eigenvalue weighted by Crippen LogP contribution is 2.15. The van der Waals surface area contributed by atoms with Crippen LogP contribution in [0.25, 0.3) is 0 Å². The van der Waals surface area contributed by atoms with E-state index in [1.54, 1.807) is 19.2 Å². The van der Waals surface area contributed by atoms with E-state index in [9.17, 15) is 9.59 Å². The summed E-state index contributed by atoms with van der Waals surface area (Å²) in [4.78, 5) is 25.1. The first-order valence-electron chi connectivity index (χ1n) is 6.57. The SMILES string of the molecule is CN(CC(=O)NCC1CCCN1)C(=O)c1ccc(Br)o1.Cl. The van der Waals surface area contributed by atoms with E-state index < -0.39 is 0 Å². The molecule has 1 saturated heterocycles. The number of hydrogen-bond acceptors (Lipinski definition) is 4. The maximum atomic E-state index is 12.0. The molecular formula is C13H19BrClN3O3. The van der Waals surface area contributed by atoms with Crippen LogP contribution in [0.5, 0.6) is 0 Å². The van der Waals surface area contributed by atoms with Crippen LogP contribution in [-0.2, 0) is 4.79 Å². The molecule has 2 heterocycles. The minimum atomic E-state index is -0.315. The van der Waals surface area contributed by atoms with Gasteiger partial charge in [0.05, 0.1) is 6.54 Å². The lowest BCUT2D eigenvalue weighted by Gasteiger charge is -2.17. The van der Waals surface area contributed by atoms with Gasteiger partial charge in [0.2, 0.25) is 5.91 Å². The number of furan rings is 1. The molecule has 8 heteroatoms. The van der Waals surface area contributed by atoms with Crippen molar-refractivity contribution in [1.29, 1.82) is 0 Å². The smallest absolute Gasteiger partial charge is 0.289 e. The van der Waals surface area contributed by atoms with Crippen molar-refractivity contribution in [1.82, 2.24) is 15.5 Å². The fourth-order valence-electron chi connectivity index (χ4n) is 2.13. The lowest BCUT2D eigenvalue weighted by atomic mass is 10.2.